The molecule has 1 aliphatic carbocycles. The standard InChI is InChI=1S/C33H28ClF5N6O2/c1-31(23-6-5-20(34)12-24(23)35)46-27-4-2-3-22(28(27)47-31)21-7-10-45(15-25(21)36)16-26-18(13-32(17-40)8-9-32)11-19(14-41-26)29-42-30(44-43-29)33(37,38)39/h2-6,11-12,14,21,25H,7-10,13,15-16H2,1H3,(H,42,43,44)/t21-,25-,31-/m1/s1. The summed E-state index contributed by atoms with van der Waals surface area (Å²) in [6.45, 7) is 2.48. The van der Waals surface area contributed by atoms with Crippen molar-refractivity contribution in [3.63, 3.8) is 0 Å². The summed E-state index contributed by atoms with van der Waals surface area (Å²) < 4.78 is 82.4. The van der Waals surface area contributed by atoms with Gasteiger partial charge in [0.2, 0.25) is 5.82 Å². The van der Waals surface area contributed by atoms with Crippen molar-refractivity contribution >= 4 is 11.6 Å². The summed E-state index contributed by atoms with van der Waals surface area (Å²) in [7, 11) is 0. The number of likely N-dealkylation sites (tertiary alicyclic amines) is 1. The van der Waals surface area contributed by atoms with Gasteiger partial charge in [0.25, 0.3) is 5.79 Å². The number of nitrogens with one attached hydrogen (secondary N) is 1. The van der Waals surface area contributed by atoms with Crippen LogP contribution in [0.25, 0.3) is 11.4 Å². The van der Waals surface area contributed by atoms with Crippen molar-refractivity contribution in [3.05, 3.63) is 87.7 Å². The van der Waals surface area contributed by atoms with E-state index in [9.17, 15) is 22.8 Å². The van der Waals surface area contributed by atoms with Crippen molar-refractivity contribution in [2.24, 2.45) is 5.41 Å². The van der Waals surface area contributed by atoms with Gasteiger partial charge >= 0.3 is 6.18 Å². The van der Waals surface area contributed by atoms with Gasteiger partial charge in [0, 0.05) is 48.3 Å². The molecular weight excluding hydrogens is 643 g/mol. The predicted molar refractivity (Wildman–Crippen MR) is 160 cm³/mol. The van der Waals surface area contributed by atoms with E-state index in [0.717, 1.165) is 0 Å². The lowest BCUT2D eigenvalue weighted by Gasteiger charge is -2.35. The van der Waals surface area contributed by atoms with Crippen LogP contribution in [0.2, 0.25) is 5.02 Å². The van der Waals surface area contributed by atoms with E-state index in [0.29, 0.717) is 60.5 Å². The number of piperidine rings is 1. The molecule has 14 heteroatoms. The Morgan fingerprint density at radius 1 is 1.17 bits per heavy atom. The molecule has 1 N–H and O–H groups in total. The minimum absolute atomic E-state index is 0.0837. The van der Waals surface area contributed by atoms with E-state index < -0.39 is 41.1 Å². The van der Waals surface area contributed by atoms with E-state index in [1.165, 1.54) is 18.3 Å². The maximum Gasteiger partial charge on any atom is 0.451 e. The van der Waals surface area contributed by atoms with Crippen LogP contribution < -0.4 is 9.47 Å². The third kappa shape index (κ3) is 6.00. The maximum absolute atomic E-state index is 16.0. The van der Waals surface area contributed by atoms with Crippen LogP contribution in [0.3, 0.4) is 0 Å². The first-order valence-corrected chi connectivity index (χ1v) is 15.5. The summed E-state index contributed by atoms with van der Waals surface area (Å²) in [6, 6.07) is 13.5. The molecule has 2 aliphatic heterocycles. The van der Waals surface area contributed by atoms with E-state index in [1.54, 1.807) is 37.3 Å². The summed E-state index contributed by atoms with van der Waals surface area (Å²) in [5, 5.41) is 15.6. The number of nitrogens with zero attached hydrogens (tertiary/aromatic N) is 5. The van der Waals surface area contributed by atoms with E-state index in [2.05, 4.69) is 21.1 Å². The second-order valence-electron chi connectivity index (χ2n) is 12.5. The van der Waals surface area contributed by atoms with Gasteiger partial charge in [-0.1, -0.05) is 23.7 Å². The Kier molecular flexibility index (Phi) is 7.63. The number of benzene rings is 2. The highest BCUT2D eigenvalue weighted by Gasteiger charge is 2.45. The number of fused-ring (bicyclic) bond motifs is 1. The molecule has 47 heavy (non-hydrogen) atoms. The maximum atomic E-state index is 16.0. The lowest BCUT2D eigenvalue weighted by Crippen LogP contribution is -2.40. The number of H-pyrrole nitrogens is 1. The first-order valence-electron chi connectivity index (χ1n) is 15.1. The molecule has 2 aromatic carbocycles. The number of hydrogen-bond acceptors (Lipinski definition) is 7. The number of para-hydroxylation sites is 1. The van der Waals surface area contributed by atoms with Crippen molar-refractivity contribution in [1.82, 2.24) is 25.1 Å². The molecule has 2 aromatic heterocycles. The number of aromatic nitrogens is 4. The number of rotatable bonds is 7. The Labute approximate surface area is 271 Å². The largest absolute Gasteiger partial charge is 0.451 e. The quantitative estimate of drug-likeness (QED) is 0.203. The van der Waals surface area contributed by atoms with Gasteiger partial charge in [-0.2, -0.15) is 23.5 Å². The summed E-state index contributed by atoms with van der Waals surface area (Å²) in [4.78, 5) is 10.1. The lowest BCUT2D eigenvalue weighted by molar-refractivity contribution is -0.144. The number of halogens is 6. The molecule has 3 atom stereocenters. The number of pyridine rings is 1. The first-order chi connectivity index (χ1) is 22.4. The molecule has 2 fully saturated rings. The van der Waals surface area contributed by atoms with E-state index in [-0.39, 0.29) is 35.1 Å². The van der Waals surface area contributed by atoms with Crippen LogP contribution in [0.5, 0.6) is 11.5 Å². The predicted octanol–water partition coefficient (Wildman–Crippen LogP) is 7.50. The lowest BCUT2D eigenvalue weighted by atomic mass is 9.87. The molecule has 0 amide bonds. The van der Waals surface area contributed by atoms with Crippen molar-refractivity contribution in [2.45, 2.75) is 63.2 Å². The minimum Gasteiger partial charge on any atom is -0.444 e. The van der Waals surface area contributed by atoms with Crippen LogP contribution >= 0.6 is 11.6 Å². The molecule has 0 radical (unpaired) electrons. The summed E-state index contributed by atoms with van der Waals surface area (Å²) in [5.74, 6) is -3.16. The Bertz CT molecular complexity index is 1890. The zero-order chi connectivity index (χ0) is 33.1. The molecule has 0 unspecified atom stereocenters. The molecule has 244 valence electrons. The number of nitriles is 1. The van der Waals surface area contributed by atoms with Gasteiger partial charge in [0.1, 0.15) is 12.0 Å². The van der Waals surface area contributed by atoms with Crippen LogP contribution in [0, 0.1) is 22.6 Å². The second kappa shape index (κ2) is 11.5. The van der Waals surface area contributed by atoms with Gasteiger partial charge in [-0.25, -0.2) is 13.8 Å². The molecule has 0 spiro atoms. The molecule has 4 aromatic rings. The molecule has 3 aliphatic rings. The smallest absolute Gasteiger partial charge is 0.444 e. The molecule has 4 heterocycles. The zero-order valence-corrected chi connectivity index (χ0v) is 25.8. The van der Waals surface area contributed by atoms with Crippen LogP contribution in [0.1, 0.15) is 60.3 Å². The SMILES string of the molecule is C[C@@]1(c2ccc(Cl)cc2F)Oc2cccc([C@H]3CCN(Cc4ncc(-c5n[nH]c(C(F)(F)F)n5)cc4CC4(C#N)CC4)C[C@H]3F)c2O1. The second-order valence-corrected chi connectivity index (χ2v) is 12.9. The average Bonchev–Trinajstić information content (AvgIpc) is 3.42. The highest BCUT2D eigenvalue weighted by Crippen LogP contribution is 2.51. The van der Waals surface area contributed by atoms with Gasteiger partial charge in [-0.05, 0) is 68.1 Å². The van der Waals surface area contributed by atoms with Gasteiger partial charge in [-0.3, -0.25) is 15.0 Å². The van der Waals surface area contributed by atoms with Gasteiger partial charge in [0.15, 0.2) is 17.3 Å². The fraction of sp³-hybridized carbons (Fsp3) is 0.394. The third-order valence-electron chi connectivity index (χ3n) is 9.12. The molecule has 1 saturated carbocycles. The van der Waals surface area contributed by atoms with Crippen LogP contribution in [0.4, 0.5) is 22.0 Å². The minimum atomic E-state index is -4.68. The van der Waals surface area contributed by atoms with Crippen LogP contribution in [-0.4, -0.2) is 44.3 Å². The van der Waals surface area contributed by atoms with E-state index in [4.69, 9.17) is 21.1 Å². The Morgan fingerprint density at radius 3 is 2.66 bits per heavy atom. The molecule has 0 bridgehead atoms. The topological polar surface area (TPSA) is 100.0 Å². The first kappa shape index (κ1) is 31.3. The van der Waals surface area contributed by atoms with Gasteiger partial charge in [-0.15, -0.1) is 0 Å². The Morgan fingerprint density at radius 2 is 1.98 bits per heavy atom. The summed E-state index contributed by atoms with van der Waals surface area (Å²) in [6.07, 6.45) is -2.33. The van der Waals surface area contributed by atoms with Crippen molar-refractivity contribution < 1.29 is 31.4 Å². The number of alkyl halides is 4. The van der Waals surface area contributed by atoms with Crippen molar-refractivity contribution in [3.8, 4) is 29.0 Å². The average molecular weight is 671 g/mol. The molecule has 8 nitrogen and oxygen atoms in total. The third-order valence-corrected chi connectivity index (χ3v) is 9.36. The zero-order valence-electron chi connectivity index (χ0n) is 25.0. The molecule has 1 saturated heterocycles. The van der Waals surface area contributed by atoms with E-state index >= 15 is 4.39 Å². The number of ether oxygens (including phenoxy) is 2. The Balaban J connectivity index is 1.09. The van der Waals surface area contributed by atoms with Crippen molar-refractivity contribution in [1.29, 1.82) is 5.26 Å². The molecular formula is C33H28ClF5N6O2. The highest BCUT2D eigenvalue weighted by molar-refractivity contribution is 6.30. The summed E-state index contributed by atoms with van der Waals surface area (Å²) in [5.41, 5.74) is 1.84. The number of hydrogen-bond donors (Lipinski definition) is 1. The normalized spacial score (nSPS) is 23.4. The monoisotopic (exact) mass is 670 g/mol. The van der Waals surface area contributed by atoms with Gasteiger partial charge < -0.3 is 9.47 Å². The van der Waals surface area contributed by atoms with Crippen LogP contribution in [-0.2, 0) is 24.9 Å². The fourth-order valence-electron chi connectivity index (χ4n) is 6.40. The molecule has 7 rings (SSSR count). The van der Waals surface area contributed by atoms with E-state index in [1.807, 2.05) is 10.00 Å². The Hall–Kier alpha value is -4.28. The van der Waals surface area contributed by atoms with Crippen LogP contribution in [0.15, 0.2) is 48.7 Å². The van der Waals surface area contributed by atoms with Gasteiger partial charge in [0.05, 0.1) is 22.7 Å². The fourth-order valence-corrected chi connectivity index (χ4v) is 6.56. The number of aromatic amines is 1. The summed E-state index contributed by atoms with van der Waals surface area (Å²) >= 11 is 5.93. The van der Waals surface area contributed by atoms with Crippen molar-refractivity contribution in [2.75, 3.05) is 13.1 Å². The highest BCUT2D eigenvalue weighted by atomic mass is 35.5.